The van der Waals surface area contributed by atoms with E-state index in [1.165, 1.54) is 5.69 Å². The summed E-state index contributed by atoms with van der Waals surface area (Å²) in [5, 5.41) is 9.48. The van der Waals surface area contributed by atoms with Crippen LogP contribution in [0.4, 0.5) is 17.2 Å². The summed E-state index contributed by atoms with van der Waals surface area (Å²) >= 11 is 11.1. The van der Waals surface area contributed by atoms with Crippen LogP contribution in [-0.4, -0.2) is 36.1 Å². The molecular weight excluding hydrogens is 457 g/mol. The second kappa shape index (κ2) is 10.7. The number of halogens is 2. The quantitative estimate of drug-likeness (QED) is 0.366. The van der Waals surface area contributed by atoms with Crippen LogP contribution in [0.3, 0.4) is 0 Å². The minimum atomic E-state index is -0.134. The Bertz CT molecular complexity index is 1270. The topological polar surface area (TPSA) is 73.1 Å². The highest BCUT2D eigenvalue weighted by molar-refractivity contribution is 6.34. The minimum Gasteiger partial charge on any atom is -0.369 e. The zero-order chi connectivity index (χ0) is 23.2. The fourth-order valence-corrected chi connectivity index (χ4v) is 4.15. The first-order valence-corrected chi connectivity index (χ1v) is 11.5. The van der Waals surface area contributed by atoms with Gasteiger partial charge in [-0.25, -0.2) is 4.98 Å². The van der Waals surface area contributed by atoms with E-state index in [0.717, 1.165) is 42.9 Å². The molecule has 170 valence electrons. The molecule has 4 aromatic rings. The summed E-state index contributed by atoms with van der Waals surface area (Å²) in [5.41, 5.74) is 2.87. The van der Waals surface area contributed by atoms with Gasteiger partial charge in [-0.1, -0.05) is 29.3 Å². The van der Waals surface area contributed by atoms with Gasteiger partial charge in [0.05, 0.1) is 5.39 Å². The van der Waals surface area contributed by atoms with Gasteiger partial charge >= 0.3 is 0 Å². The Morgan fingerprint density at radius 3 is 2.30 bits per heavy atom. The van der Waals surface area contributed by atoms with Crippen molar-refractivity contribution in [3.8, 4) is 0 Å². The summed E-state index contributed by atoms with van der Waals surface area (Å²) in [6, 6.07) is 19.2. The molecule has 2 aromatic carbocycles. The van der Waals surface area contributed by atoms with Gasteiger partial charge in [0, 0.05) is 59.5 Å². The number of aromatic nitrogens is 2. The number of fused-ring (bicyclic) bond motifs is 1. The van der Waals surface area contributed by atoms with Gasteiger partial charge in [-0.2, -0.15) is 0 Å². The number of rotatable bonds is 3. The highest BCUT2D eigenvalue weighted by Crippen LogP contribution is 2.24. The summed E-state index contributed by atoms with van der Waals surface area (Å²) in [5.74, 6) is 0.590. The summed E-state index contributed by atoms with van der Waals surface area (Å²) < 4.78 is 0. The van der Waals surface area contributed by atoms with E-state index >= 15 is 0 Å². The maximum absolute atomic E-state index is 12.2. The number of hydrogen-bond donors (Lipinski definition) is 3. The third kappa shape index (κ3) is 6.05. The Balaban J connectivity index is 0.000000275. The Morgan fingerprint density at radius 1 is 0.970 bits per heavy atom. The zero-order valence-corrected chi connectivity index (χ0v) is 19.7. The molecule has 0 unspecified atom stereocenters. The van der Waals surface area contributed by atoms with Crippen molar-refractivity contribution in [1.29, 1.82) is 0 Å². The summed E-state index contributed by atoms with van der Waals surface area (Å²) in [4.78, 5) is 21.8. The average Bonchev–Trinajstić information content (AvgIpc) is 2.80. The molecule has 0 bridgehead atoms. The minimum absolute atomic E-state index is 0.134. The highest BCUT2D eigenvalue weighted by atomic mass is 35.5. The van der Waals surface area contributed by atoms with Crippen molar-refractivity contribution in [2.75, 3.05) is 36.4 Å². The van der Waals surface area contributed by atoms with E-state index in [2.05, 4.69) is 37.6 Å². The van der Waals surface area contributed by atoms with Crippen LogP contribution in [0.1, 0.15) is 5.69 Å². The Kier molecular flexibility index (Phi) is 7.50. The number of hydrogen-bond acceptors (Lipinski definition) is 5. The van der Waals surface area contributed by atoms with Crippen LogP contribution in [0, 0.1) is 6.92 Å². The first-order chi connectivity index (χ1) is 16.0. The van der Waals surface area contributed by atoms with Gasteiger partial charge in [-0.3, -0.25) is 4.79 Å². The summed E-state index contributed by atoms with van der Waals surface area (Å²) in [6.45, 7) is 6.00. The fourth-order valence-electron chi connectivity index (χ4n) is 3.71. The van der Waals surface area contributed by atoms with E-state index < -0.39 is 0 Å². The largest absolute Gasteiger partial charge is 0.369 e. The van der Waals surface area contributed by atoms with Crippen LogP contribution in [0.5, 0.6) is 0 Å². The van der Waals surface area contributed by atoms with Crippen molar-refractivity contribution in [1.82, 2.24) is 15.3 Å². The molecule has 0 amide bonds. The Hall–Kier alpha value is -3.06. The maximum Gasteiger partial charge on any atom is 0.259 e. The predicted octanol–water partition coefficient (Wildman–Crippen LogP) is 5.38. The lowest BCUT2D eigenvalue weighted by atomic mass is 10.1. The molecule has 0 atom stereocenters. The molecule has 6 nitrogen and oxygen atoms in total. The Labute approximate surface area is 202 Å². The van der Waals surface area contributed by atoms with Crippen molar-refractivity contribution in [2.45, 2.75) is 6.92 Å². The van der Waals surface area contributed by atoms with E-state index in [0.29, 0.717) is 21.2 Å². The molecule has 1 fully saturated rings. The molecule has 2 aromatic heterocycles. The lowest BCUT2D eigenvalue weighted by Gasteiger charge is -2.29. The van der Waals surface area contributed by atoms with Gasteiger partial charge in [0.15, 0.2) is 0 Å². The van der Waals surface area contributed by atoms with Gasteiger partial charge in [0.25, 0.3) is 5.56 Å². The van der Waals surface area contributed by atoms with E-state index in [1.54, 1.807) is 24.4 Å². The number of nitrogens with one attached hydrogen (secondary N) is 3. The van der Waals surface area contributed by atoms with E-state index in [-0.39, 0.29) is 5.56 Å². The van der Waals surface area contributed by atoms with Crippen LogP contribution in [-0.2, 0) is 0 Å². The van der Waals surface area contributed by atoms with Gasteiger partial charge in [-0.05, 0) is 66.9 Å². The molecule has 1 saturated heterocycles. The maximum atomic E-state index is 12.2. The van der Waals surface area contributed by atoms with E-state index in [1.807, 2.05) is 37.3 Å². The first kappa shape index (κ1) is 23.1. The second-order valence-corrected chi connectivity index (χ2v) is 8.60. The number of H-pyrrole nitrogens is 1. The molecule has 1 aliphatic heterocycles. The monoisotopic (exact) mass is 481 g/mol. The van der Waals surface area contributed by atoms with Crippen LogP contribution >= 0.6 is 23.2 Å². The van der Waals surface area contributed by atoms with E-state index in [9.17, 15) is 4.79 Å². The zero-order valence-electron chi connectivity index (χ0n) is 18.2. The van der Waals surface area contributed by atoms with Gasteiger partial charge < -0.3 is 20.5 Å². The van der Waals surface area contributed by atoms with E-state index in [4.69, 9.17) is 23.2 Å². The van der Waals surface area contributed by atoms with Gasteiger partial charge in [0.1, 0.15) is 5.82 Å². The Morgan fingerprint density at radius 2 is 1.67 bits per heavy atom. The number of nitrogens with zero attached hydrogens (tertiary/aromatic N) is 2. The average molecular weight is 482 g/mol. The third-order valence-corrected chi connectivity index (χ3v) is 5.75. The first-order valence-electron chi connectivity index (χ1n) is 10.7. The normalized spacial score (nSPS) is 13.4. The van der Waals surface area contributed by atoms with Crippen molar-refractivity contribution in [2.24, 2.45) is 0 Å². The molecular formula is C25H25Cl2N5O. The molecule has 0 aliphatic carbocycles. The van der Waals surface area contributed by atoms with Crippen molar-refractivity contribution in [3.63, 3.8) is 0 Å². The second-order valence-electron chi connectivity index (χ2n) is 7.73. The molecule has 3 heterocycles. The number of aryl methyl sites for hydroxylation is 1. The molecule has 8 heteroatoms. The summed E-state index contributed by atoms with van der Waals surface area (Å²) in [6.07, 6.45) is 1.66. The van der Waals surface area contributed by atoms with Crippen LogP contribution in [0.25, 0.3) is 10.8 Å². The third-order valence-electron chi connectivity index (χ3n) is 5.28. The number of piperazine rings is 1. The van der Waals surface area contributed by atoms with Crippen LogP contribution in [0.15, 0.2) is 71.7 Å². The van der Waals surface area contributed by atoms with Crippen molar-refractivity contribution >= 4 is 51.2 Å². The van der Waals surface area contributed by atoms with Crippen LogP contribution < -0.4 is 21.1 Å². The number of aromatic amines is 1. The predicted molar refractivity (Wildman–Crippen MR) is 138 cm³/mol. The fraction of sp³-hybridized carbons (Fsp3) is 0.200. The number of anilines is 3. The van der Waals surface area contributed by atoms with Crippen molar-refractivity contribution in [3.05, 3.63) is 93.0 Å². The molecule has 0 spiro atoms. The van der Waals surface area contributed by atoms with Crippen LogP contribution in [0.2, 0.25) is 10.0 Å². The van der Waals surface area contributed by atoms with Gasteiger partial charge in [-0.15, -0.1) is 0 Å². The summed E-state index contributed by atoms with van der Waals surface area (Å²) in [7, 11) is 0. The number of pyridine rings is 2. The standard InChI is InChI=1S/C19H21N5O.C6H4Cl2/c1-13-12-14-6-7-21-19(25)17(14)18(22-13)23-15-2-4-16(5-3-15)24-10-8-20-9-11-24;7-5-2-1-3-6(8)4-5/h2-7,12,20H,8-11H2,1H3,(H,21,25)(H,22,23);1-4H. The number of benzene rings is 2. The smallest absolute Gasteiger partial charge is 0.259 e. The molecule has 0 radical (unpaired) electrons. The highest BCUT2D eigenvalue weighted by Gasteiger charge is 2.11. The SMILES string of the molecule is Cc1cc2cc[nH]c(=O)c2c(Nc2ccc(N3CCNCC3)cc2)n1.Clc1cccc(Cl)c1. The molecule has 1 aliphatic rings. The molecule has 33 heavy (non-hydrogen) atoms. The van der Waals surface area contributed by atoms with Gasteiger partial charge in [0.2, 0.25) is 0 Å². The molecule has 3 N–H and O–H groups in total. The molecule has 5 rings (SSSR count). The van der Waals surface area contributed by atoms with Crippen molar-refractivity contribution < 1.29 is 0 Å². The molecule has 0 saturated carbocycles. The lowest BCUT2D eigenvalue weighted by molar-refractivity contribution is 0.589. The lowest BCUT2D eigenvalue weighted by Crippen LogP contribution is -2.43.